The van der Waals surface area contributed by atoms with Crippen LogP contribution < -0.4 is 0 Å². The summed E-state index contributed by atoms with van der Waals surface area (Å²) in [7, 11) is 0. The van der Waals surface area contributed by atoms with Crippen LogP contribution in [0.3, 0.4) is 0 Å². The van der Waals surface area contributed by atoms with Crippen molar-refractivity contribution < 1.29 is 14.3 Å². The molecule has 4 nitrogen and oxygen atoms in total. The quantitative estimate of drug-likeness (QED) is 0.581. The molecule has 0 radical (unpaired) electrons. The van der Waals surface area contributed by atoms with Crippen molar-refractivity contribution in [1.82, 2.24) is 4.90 Å². The number of hydrogen-bond donors (Lipinski definition) is 0. The molecule has 3 rings (SSSR count). The van der Waals surface area contributed by atoms with Crippen LogP contribution >= 0.6 is 0 Å². The lowest BCUT2D eigenvalue weighted by Crippen LogP contribution is -2.58. The lowest BCUT2D eigenvalue weighted by molar-refractivity contribution is -0.0877. The minimum Gasteiger partial charge on any atom is -0.446 e. The number of nitrogens with zero attached hydrogens (tertiary/aromatic N) is 1. The first-order valence-corrected chi connectivity index (χ1v) is 5.41. The maximum atomic E-state index is 11.6. The fourth-order valence-corrected chi connectivity index (χ4v) is 2.94. The average molecular weight is 197 g/mol. The lowest BCUT2D eigenvalue weighted by Gasteiger charge is -2.44. The highest BCUT2D eigenvalue weighted by Crippen LogP contribution is 2.38. The highest BCUT2D eigenvalue weighted by atomic mass is 16.6. The highest BCUT2D eigenvalue weighted by molar-refractivity contribution is 5.69. The molecule has 1 amide bonds. The molecule has 3 fully saturated rings. The van der Waals surface area contributed by atoms with E-state index in [1.165, 1.54) is 12.8 Å². The van der Waals surface area contributed by atoms with Crippen molar-refractivity contribution in [2.24, 2.45) is 5.92 Å². The third-order valence-corrected chi connectivity index (χ3v) is 3.65. The summed E-state index contributed by atoms with van der Waals surface area (Å²) in [4.78, 5) is 13.5. The predicted octanol–water partition coefficient (Wildman–Crippen LogP) is 1.01. The van der Waals surface area contributed by atoms with E-state index in [-0.39, 0.29) is 18.2 Å². The summed E-state index contributed by atoms with van der Waals surface area (Å²) in [5.41, 5.74) is 0. The number of amides is 1. The first kappa shape index (κ1) is 8.53. The summed E-state index contributed by atoms with van der Waals surface area (Å²) in [6, 6.07) is 0.289. The van der Waals surface area contributed by atoms with Gasteiger partial charge in [0.05, 0.1) is 19.3 Å². The van der Waals surface area contributed by atoms with Gasteiger partial charge in [-0.15, -0.1) is 0 Å². The van der Waals surface area contributed by atoms with Crippen LogP contribution in [0.1, 0.15) is 19.3 Å². The molecule has 78 valence electrons. The fraction of sp³-hybridized carbons (Fsp3) is 0.900. The van der Waals surface area contributed by atoms with E-state index in [2.05, 4.69) is 0 Å². The summed E-state index contributed by atoms with van der Waals surface area (Å²) >= 11 is 0. The Morgan fingerprint density at radius 1 is 1.36 bits per heavy atom. The van der Waals surface area contributed by atoms with E-state index >= 15 is 0 Å². The third-order valence-electron chi connectivity index (χ3n) is 3.65. The predicted molar refractivity (Wildman–Crippen MR) is 48.9 cm³/mol. The summed E-state index contributed by atoms with van der Waals surface area (Å²) in [6.07, 6.45) is 3.46. The largest absolute Gasteiger partial charge is 0.446 e. The summed E-state index contributed by atoms with van der Waals surface area (Å²) < 4.78 is 10.9. The van der Waals surface area contributed by atoms with E-state index in [0.717, 1.165) is 6.42 Å². The number of fused-ring (bicyclic) bond motifs is 3. The van der Waals surface area contributed by atoms with Crippen LogP contribution in [0.15, 0.2) is 0 Å². The highest BCUT2D eigenvalue weighted by Gasteiger charge is 2.46. The molecule has 1 aliphatic carbocycles. The zero-order chi connectivity index (χ0) is 9.54. The molecular formula is C10H15NO3. The van der Waals surface area contributed by atoms with Crippen LogP contribution in [0.2, 0.25) is 0 Å². The van der Waals surface area contributed by atoms with Crippen molar-refractivity contribution in [3.63, 3.8) is 0 Å². The van der Waals surface area contributed by atoms with E-state index < -0.39 is 0 Å². The second kappa shape index (κ2) is 3.12. The van der Waals surface area contributed by atoms with Gasteiger partial charge in [0.25, 0.3) is 0 Å². The van der Waals surface area contributed by atoms with Crippen molar-refractivity contribution in [3.05, 3.63) is 0 Å². The van der Waals surface area contributed by atoms with Gasteiger partial charge in [-0.2, -0.15) is 0 Å². The summed E-state index contributed by atoms with van der Waals surface area (Å²) in [6.45, 7) is 2.06. The van der Waals surface area contributed by atoms with Gasteiger partial charge >= 0.3 is 6.09 Å². The van der Waals surface area contributed by atoms with Gasteiger partial charge < -0.3 is 14.4 Å². The summed E-state index contributed by atoms with van der Waals surface area (Å²) in [5, 5.41) is 0. The molecule has 0 bridgehead atoms. The SMILES string of the molecule is O=C1OC2CCCC2C2COCCN12. The van der Waals surface area contributed by atoms with Gasteiger partial charge in [-0.3, -0.25) is 0 Å². The summed E-state index contributed by atoms with van der Waals surface area (Å²) in [5.74, 6) is 0.521. The Balaban J connectivity index is 1.85. The molecule has 2 saturated heterocycles. The number of carbonyl (C=O) groups excluding carboxylic acids is 1. The Kier molecular flexibility index (Phi) is 1.90. The van der Waals surface area contributed by atoms with E-state index in [4.69, 9.17) is 9.47 Å². The van der Waals surface area contributed by atoms with Crippen LogP contribution in [-0.4, -0.2) is 42.9 Å². The number of rotatable bonds is 0. The number of hydrogen-bond acceptors (Lipinski definition) is 3. The topological polar surface area (TPSA) is 38.8 Å². The van der Waals surface area contributed by atoms with Gasteiger partial charge in [-0.05, 0) is 19.3 Å². The van der Waals surface area contributed by atoms with Gasteiger partial charge in [-0.1, -0.05) is 0 Å². The van der Waals surface area contributed by atoms with E-state index in [1.807, 2.05) is 4.90 Å². The zero-order valence-electron chi connectivity index (χ0n) is 8.15. The lowest BCUT2D eigenvalue weighted by atomic mass is 9.93. The number of carbonyl (C=O) groups is 1. The molecule has 0 aromatic rings. The molecule has 3 atom stereocenters. The molecule has 0 N–H and O–H groups in total. The van der Waals surface area contributed by atoms with Crippen LogP contribution in [0.5, 0.6) is 0 Å². The number of morpholine rings is 1. The second-order valence-corrected chi connectivity index (χ2v) is 4.35. The van der Waals surface area contributed by atoms with Gasteiger partial charge in [0, 0.05) is 12.5 Å². The van der Waals surface area contributed by atoms with Crippen molar-refractivity contribution >= 4 is 6.09 Å². The smallest absolute Gasteiger partial charge is 0.410 e. The van der Waals surface area contributed by atoms with Gasteiger partial charge in [0.15, 0.2) is 0 Å². The van der Waals surface area contributed by atoms with Crippen LogP contribution in [0.25, 0.3) is 0 Å². The molecular weight excluding hydrogens is 182 g/mol. The van der Waals surface area contributed by atoms with Gasteiger partial charge in [0.1, 0.15) is 6.10 Å². The van der Waals surface area contributed by atoms with Crippen LogP contribution in [0.4, 0.5) is 4.79 Å². The van der Waals surface area contributed by atoms with Crippen molar-refractivity contribution in [1.29, 1.82) is 0 Å². The molecule has 0 aromatic heterocycles. The fourth-order valence-electron chi connectivity index (χ4n) is 2.94. The number of ether oxygens (including phenoxy) is 2. The molecule has 3 unspecified atom stereocenters. The normalized spacial score (nSPS) is 41.6. The minimum atomic E-state index is -0.124. The third kappa shape index (κ3) is 1.13. The van der Waals surface area contributed by atoms with Crippen molar-refractivity contribution in [3.8, 4) is 0 Å². The van der Waals surface area contributed by atoms with E-state index in [1.54, 1.807) is 0 Å². The molecule has 1 saturated carbocycles. The molecule has 0 spiro atoms. The monoisotopic (exact) mass is 197 g/mol. The Bertz CT molecular complexity index is 256. The van der Waals surface area contributed by atoms with E-state index in [0.29, 0.717) is 25.7 Å². The standard InChI is InChI=1S/C10H15NO3/c12-10-11-4-5-13-6-8(11)7-2-1-3-9(7)14-10/h7-9H,1-6H2. The van der Waals surface area contributed by atoms with E-state index in [9.17, 15) is 4.79 Å². The second-order valence-electron chi connectivity index (χ2n) is 4.35. The van der Waals surface area contributed by atoms with Crippen molar-refractivity contribution in [2.45, 2.75) is 31.4 Å². The first-order chi connectivity index (χ1) is 6.86. The Labute approximate surface area is 83.2 Å². The molecule has 3 aliphatic rings. The zero-order valence-corrected chi connectivity index (χ0v) is 8.15. The molecule has 0 aromatic carbocycles. The van der Waals surface area contributed by atoms with Crippen LogP contribution in [0, 0.1) is 5.92 Å². The first-order valence-electron chi connectivity index (χ1n) is 5.41. The van der Waals surface area contributed by atoms with Gasteiger partial charge in [0.2, 0.25) is 0 Å². The Morgan fingerprint density at radius 2 is 2.29 bits per heavy atom. The maximum absolute atomic E-state index is 11.6. The van der Waals surface area contributed by atoms with Crippen molar-refractivity contribution in [2.75, 3.05) is 19.8 Å². The molecule has 14 heavy (non-hydrogen) atoms. The average Bonchev–Trinajstić information content (AvgIpc) is 2.66. The Hall–Kier alpha value is -0.770. The van der Waals surface area contributed by atoms with Gasteiger partial charge in [-0.25, -0.2) is 4.79 Å². The molecule has 2 heterocycles. The molecule has 2 aliphatic heterocycles. The van der Waals surface area contributed by atoms with Crippen LogP contribution in [-0.2, 0) is 9.47 Å². The molecule has 4 heteroatoms. The maximum Gasteiger partial charge on any atom is 0.410 e. The Morgan fingerprint density at radius 3 is 3.21 bits per heavy atom. The minimum absolute atomic E-state index is 0.124.